The SMILES string of the molecule is COc1ccc(N(Cc2ccco2)C(=O)c2ccc3ccccc3n2)cc1OC. The first-order chi connectivity index (χ1) is 14.2. The first-order valence-electron chi connectivity index (χ1n) is 9.11. The molecule has 4 aromatic rings. The van der Waals surface area contributed by atoms with Gasteiger partial charge in [-0.2, -0.15) is 0 Å². The average Bonchev–Trinajstić information content (AvgIpc) is 3.29. The Hall–Kier alpha value is -3.80. The van der Waals surface area contributed by atoms with Crippen molar-refractivity contribution in [1.82, 2.24) is 4.98 Å². The number of carbonyl (C=O) groups is 1. The van der Waals surface area contributed by atoms with E-state index in [0.29, 0.717) is 28.6 Å². The second-order valence-corrected chi connectivity index (χ2v) is 6.40. The summed E-state index contributed by atoms with van der Waals surface area (Å²) in [6.07, 6.45) is 1.58. The maximum atomic E-state index is 13.4. The van der Waals surface area contributed by atoms with Crippen molar-refractivity contribution in [3.05, 3.63) is 84.4 Å². The molecule has 6 nitrogen and oxygen atoms in total. The quantitative estimate of drug-likeness (QED) is 0.479. The number of hydrogen-bond donors (Lipinski definition) is 0. The Kier molecular flexibility index (Phi) is 5.16. The van der Waals surface area contributed by atoms with E-state index in [4.69, 9.17) is 13.9 Å². The molecule has 0 spiro atoms. The molecule has 0 aliphatic heterocycles. The standard InChI is InChI=1S/C23H20N2O4/c1-27-21-12-10-17(14-22(21)28-2)25(15-18-7-5-13-29-18)23(26)20-11-9-16-6-3-4-8-19(16)24-20/h3-14H,15H2,1-2H3. The number of carbonyl (C=O) groups excluding carboxylic acids is 1. The molecule has 1 amide bonds. The highest BCUT2D eigenvalue weighted by Crippen LogP contribution is 2.33. The van der Waals surface area contributed by atoms with Crippen LogP contribution in [0.1, 0.15) is 16.2 Å². The monoisotopic (exact) mass is 388 g/mol. The smallest absolute Gasteiger partial charge is 0.277 e. The summed E-state index contributed by atoms with van der Waals surface area (Å²) >= 11 is 0. The first kappa shape index (κ1) is 18.6. The fourth-order valence-electron chi connectivity index (χ4n) is 3.15. The Labute approximate surface area is 168 Å². The summed E-state index contributed by atoms with van der Waals surface area (Å²) in [5.74, 6) is 1.55. The van der Waals surface area contributed by atoms with E-state index in [2.05, 4.69) is 4.98 Å². The zero-order valence-corrected chi connectivity index (χ0v) is 16.2. The second kappa shape index (κ2) is 8.06. The van der Waals surface area contributed by atoms with Crippen molar-refractivity contribution in [2.24, 2.45) is 0 Å². The number of anilines is 1. The van der Waals surface area contributed by atoms with E-state index in [1.165, 1.54) is 0 Å². The fraction of sp³-hybridized carbons (Fsp3) is 0.130. The highest BCUT2D eigenvalue weighted by molar-refractivity contribution is 6.05. The van der Waals surface area contributed by atoms with E-state index in [1.54, 1.807) is 49.6 Å². The lowest BCUT2D eigenvalue weighted by Crippen LogP contribution is -2.31. The van der Waals surface area contributed by atoms with Gasteiger partial charge in [0, 0.05) is 17.1 Å². The maximum absolute atomic E-state index is 13.4. The molecule has 2 aromatic carbocycles. The van der Waals surface area contributed by atoms with E-state index in [9.17, 15) is 4.79 Å². The molecule has 0 fully saturated rings. The Bertz CT molecular complexity index is 1140. The van der Waals surface area contributed by atoms with Crippen molar-refractivity contribution in [1.29, 1.82) is 0 Å². The lowest BCUT2D eigenvalue weighted by Gasteiger charge is -2.23. The fourth-order valence-corrected chi connectivity index (χ4v) is 3.15. The van der Waals surface area contributed by atoms with E-state index in [0.717, 1.165) is 10.9 Å². The molecule has 2 heterocycles. The minimum atomic E-state index is -0.237. The highest BCUT2D eigenvalue weighted by atomic mass is 16.5. The number of rotatable bonds is 6. The number of furan rings is 1. The van der Waals surface area contributed by atoms with E-state index >= 15 is 0 Å². The molecule has 0 bridgehead atoms. The zero-order chi connectivity index (χ0) is 20.2. The van der Waals surface area contributed by atoms with Gasteiger partial charge in [-0.3, -0.25) is 9.69 Å². The summed E-state index contributed by atoms with van der Waals surface area (Å²) in [4.78, 5) is 19.6. The van der Waals surface area contributed by atoms with Crippen LogP contribution in [0.5, 0.6) is 11.5 Å². The molecule has 0 aliphatic carbocycles. The number of nitrogens with zero attached hydrogens (tertiary/aromatic N) is 2. The molecule has 0 aliphatic rings. The lowest BCUT2D eigenvalue weighted by molar-refractivity contribution is 0.0979. The number of aromatic nitrogens is 1. The van der Waals surface area contributed by atoms with Gasteiger partial charge in [0.05, 0.1) is 32.5 Å². The van der Waals surface area contributed by atoms with Crippen LogP contribution in [0.3, 0.4) is 0 Å². The van der Waals surface area contributed by atoms with Crippen molar-refractivity contribution in [2.45, 2.75) is 6.54 Å². The summed E-state index contributed by atoms with van der Waals surface area (Å²) in [7, 11) is 3.13. The van der Waals surface area contributed by atoms with Gasteiger partial charge in [-0.15, -0.1) is 0 Å². The number of fused-ring (bicyclic) bond motifs is 1. The molecule has 2 aromatic heterocycles. The van der Waals surface area contributed by atoms with Gasteiger partial charge in [0.15, 0.2) is 11.5 Å². The first-order valence-corrected chi connectivity index (χ1v) is 9.11. The van der Waals surface area contributed by atoms with Crippen molar-refractivity contribution in [3.8, 4) is 11.5 Å². The molecule has 0 saturated carbocycles. The molecule has 0 N–H and O–H groups in total. The van der Waals surface area contributed by atoms with Crippen LogP contribution < -0.4 is 14.4 Å². The summed E-state index contributed by atoms with van der Waals surface area (Å²) < 4.78 is 16.2. The third kappa shape index (κ3) is 3.78. The van der Waals surface area contributed by atoms with Crippen LogP contribution in [-0.2, 0) is 6.54 Å². The van der Waals surface area contributed by atoms with Gasteiger partial charge in [-0.05, 0) is 36.4 Å². The second-order valence-electron chi connectivity index (χ2n) is 6.40. The number of ether oxygens (including phenoxy) is 2. The lowest BCUT2D eigenvalue weighted by atomic mass is 10.1. The predicted molar refractivity (Wildman–Crippen MR) is 111 cm³/mol. The molecule has 29 heavy (non-hydrogen) atoms. The molecular formula is C23H20N2O4. The number of benzene rings is 2. The van der Waals surface area contributed by atoms with Crippen molar-refractivity contribution >= 4 is 22.5 Å². The van der Waals surface area contributed by atoms with Crippen molar-refractivity contribution in [2.75, 3.05) is 19.1 Å². The summed E-state index contributed by atoms with van der Waals surface area (Å²) in [5.41, 5.74) is 1.77. The molecular weight excluding hydrogens is 368 g/mol. The molecule has 0 unspecified atom stereocenters. The summed E-state index contributed by atoms with van der Waals surface area (Å²) in [6, 6.07) is 20.3. The van der Waals surface area contributed by atoms with Gasteiger partial charge in [0.2, 0.25) is 0 Å². The van der Waals surface area contributed by atoms with Crippen LogP contribution in [-0.4, -0.2) is 25.1 Å². The van der Waals surface area contributed by atoms with Gasteiger partial charge in [-0.25, -0.2) is 4.98 Å². The highest BCUT2D eigenvalue weighted by Gasteiger charge is 2.22. The Balaban J connectivity index is 1.76. The largest absolute Gasteiger partial charge is 0.493 e. The molecule has 4 rings (SSSR count). The van der Waals surface area contributed by atoms with Crippen LogP contribution in [0.2, 0.25) is 0 Å². The van der Waals surface area contributed by atoms with Gasteiger partial charge >= 0.3 is 0 Å². The number of para-hydroxylation sites is 1. The van der Waals surface area contributed by atoms with Crippen molar-refractivity contribution < 1.29 is 18.7 Å². The minimum Gasteiger partial charge on any atom is -0.493 e. The van der Waals surface area contributed by atoms with Crippen LogP contribution >= 0.6 is 0 Å². The van der Waals surface area contributed by atoms with E-state index in [-0.39, 0.29) is 12.5 Å². The third-order valence-electron chi connectivity index (χ3n) is 4.64. The van der Waals surface area contributed by atoms with E-state index in [1.807, 2.05) is 42.5 Å². The number of amides is 1. The number of pyridine rings is 1. The Morgan fingerprint density at radius 2 is 1.79 bits per heavy atom. The summed E-state index contributed by atoms with van der Waals surface area (Å²) in [5, 5.41) is 0.979. The molecule has 0 atom stereocenters. The van der Waals surface area contributed by atoms with Gasteiger partial charge < -0.3 is 13.9 Å². The van der Waals surface area contributed by atoms with Crippen LogP contribution in [0.4, 0.5) is 5.69 Å². The molecule has 0 saturated heterocycles. The van der Waals surface area contributed by atoms with Crippen molar-refractivity contribution in [3.63, 3.8) is 0 Å². The zero-order valence-electron chi connectivity index (χ0n) is 16.2. The number of methoxy groups -OCH3 is 2. The summed E-state index contributed by atoms with van der Waals surface area (Å²) in [6.45, 7) is 0.260. The topological polar surface area (TPSA) is 64.8 Å². The molecule has 6 heteroatoms. The predicted octanol–water partition coefficient (Wildman–Crippen LogP) is 4.69. The minimum absolute atomic E-state index is 0.237. The van der Waals surface area contributed by atoms with E-state index < -0.39 is 0 Å². The van der Waals surface area contributed by atoms with Gasteiger partial charge in [-0.1, -0.05) is 24.3 Å². The van der Waals surface area contributed by atoms with Crippen LogP contribution in [0.15, 0.2) is 77.4 Å². The van der Waals surface area contributed by atoms with Crippen LogP contribution in [0.25, 0.3) is 10.9 Å². The Morgan fingerprint density at radius 1 is 0.966 bits per heavy atom. The normalized spacial score (nSPS) is 10.7. The third-order valence-corrected chi connectivity index (χ3v) is 4.64. The maximum Gasteiger partial charge on any atom is 0.277 e. The Morgan fingerprint density at radius 3 is 2.55 bits per heavy atom. The van der Waals surface area contributed by atoms with Gasteiger partial charge in [0.25, 0.3) is 5.91 Å². The average molecular weight is 388 g/mol. The molecule has 0 radical (unpaired) electrons. The van der Waals surface area contributed by atoms with Gasteiger partial charge in [0.1, 0.15) is 11.5 Å². The molecule has 146 valence electrons. The van der Waals surface area contributed by atoms with Crippen LogP contribution in [0, 0.1) is 0 Å². The number of hydrogen-bond acceptors (Lipinski definition) is 5.